The lowest BCUT2D eigenvalue weighted by Gasteiger charge is -2.17. The third-order valence-corrected chi connectivity index (χ3v) is 3.44. The second-order valence-electron chi connectivity index (χ2n) is 4.54. The fraction of sp³-hybridized carbons (Fsp3) is 0.214. The van der Waals surface area contributed by atoms with Crippen LogP contribution in [0.5, 0.6) is 0 Å². The van der Waals surface area contributed by atoms with Crippen LogP contribution in [0.1, 0.15) is 11.5 Å². The summed E-state index contributed by atoms with van der Waals surface area (Å²) < 4.78 is 2.59. The molecule has 1 aromatic carbocycles. The van der Waals surface area contributed by atoms with Crippen molar-refractivity contribution in [3.63, 3.8) is 0 Å². The highest BCUT2D eigenvalue weighted by Crippen LogP contribution is 2.17. The number of hydrogen-bond acceptors (Lipinski definition) is 3. The zero-order valence-corrected chi connectivity index (χ0v) is 11.8. The maximum atomic E-state index is 11.9. The third-order valence-electron chi connectivity index (χ3n) is 3.16. The normalized spacial score (nSPS) is 12.1. The van der Waals surface area contributed by atoms with Crippen LogP contribution >= 0.6 is 12.2 Å². The highest BCUT2D eigenvalue weighted by atomic mass is 32.1. The first kappa shape index (κ1) is 14.2. The Bertz CT molecular complexity index is 734. The van der Waals surface area contributed by atoms with Gasteiger partial charge in [-0.05, 0) is 5.56 Å². The molecule has 0 fully saturated rings. The molecular weight excluding hydrogens is 274 g/mol. The predicted molar refractivity (Wildman–Crippen MR) is 81.9 cm³/mol. The van der Waals surface area contributed by atoms with Gasteiger partial charge >= 0.3 is 11.1 Å². The average molecular weight is 289 g/mol. The van der Waals surface area contributed by atoms with Crippen molar-refractivity contribution in [1.29, 1.82) is 0 Å². The van der Waals surface area contributed by atoms with E-state index in [1.165, 1.54) is 16.2 Å². The molecule has 1 aromatic heterocycles. The summed E-state index contributed by atoms with van der Waals surface area (Å²) in [5, 5.41) is 0. The van der Waals surface area contributed by atoms with Gasteiger partial charge in [-0.1, -0.05) is 42.5 Å². The van der Waals surface area contributed by atoms with Crippen LogP contribution in [-0.2, 0) is 13.6 Å². The van der Waals surface area contributed by atoms with Crippen molar-refractivity contribution in [2.24, 2.45) is 12.8 Å². The quantitative estimate of drug-likeness (QED) is 0.661. The number of nitrogens with zero attached hydrogens (tertiary/aromatic N) is 2. The van der Waals surface area contributed by atoms with Gasteiger partial charge in [-0.25, -0.2) is 0 Å². The van der Waals surface area contributed by atoms with E-state index in [4.69, 9.17) is 18.0 Å². The van der Waals surface area contributed by atoms with Crippen molar-refractivity contribution in [3.8, 4) is 0 Å². The van der Waals surface area contributed by atoms with E-state index in [9.17, 15) is 9.59 Å². The summed E-state index contributed by atoms with van der Waals surface area (Å²) in [6, 6.07) is 9.46. The Labute approximate surface area is 121 Å². The second-order valence-corrected chi connectivity index (χ2v) is 5.01. The molecular formula is C14H15N3O2S. The minimum Gasteiger partial charge on any atom is -0.393 e. The van der Waals surface area contributed by atoms with Gasteiger partial charge in [-0.3, -0.25) is 9.59 Å². The van der Waals surface area contributed by atoms with E-state index in [1.807, 2.05) is 30.3 Å². The molecule has 2 aromatic rings. The first-order valence-corrected chi connectivity index (χ1v) is 6.52. The molecule has 20 heavy (non-hydrogen) atoms. The molecule has 0 bridgehead atoms. The largest absolute Gasteiger partial charge is 0.393 e. The number of benzene rings is 1. The molecule has 6 heteroatoms. The van der Waals surface area contributed by atoms with Crippen LogP contribution < -0.4 is 16.9 Å². The van der Waals surface area contributed by atoms with E-state index in [-0.39, 0.29) is 12.5 Å². The summed E-state index contributed by atoms with van der Waals surface area (Å²) >= 11 is 5.08. The zero-order valence-electron chi connectivity index (χ0n) is 11.0. The predicted octanol–water partition coefficient (Wildman–Crippen LogP) is 0.617. The maximum Gasteiger partial charge on any atom is 0.316 e. The number of hydrogen-bond donors (Lipinski definition) is 1. The fourth-order valence-electron chi connectivity index (χ4n) is 1.98. The number of nitrogens with two attached hydrogens (primary N) is 1. The minimum atomic E-state index is -0.577. The lowest BCUT2D eigenvalue weighted by Crippen LogP contribution is -2.41. The molecule has 0 amide bonds. The maximum absolute atomic E-state index is 11.9. The molecule has 1 atom stereocenters. The van der Waals surface area contributed by atoms with Gasteiger partial charge in [0.1, 0.15) is 0 Å². The zero-order chi connectivity index (χ0) is 14.7. The second kappa shape index (κ2) is 5.83. The Kier molecular flexibility index (Phi) is 4.14. The molecule has 0 saturated heterocycles. The number of aryl methyl sites for hydroxylation is 1. The van der Waals surface area contributed by atoms with E-state index in [0.29, 0.717) is 4.99 Å². The molecule has 0 radical (unpaired) electrons. The molecule has 1 heterocycles. The van der Waals surface area contributed by atoms with Crippen LogP contribution in [0, 0.1) is 0 Å². The Hall–Kier alpha value is -2.21. The lowest BCUT2D eigenvalue weighted by atomic mass is 9.99. The van der Waals surface area contributed by atoms with Crippen LogP contribution in [0.4, 0.5) is 0 Å². The van der Waals surface area contributed by atoms with Gasteiger partial charge in [-0.2, -0.15) is 0 Å². The van der Waals surface area contributed by atoms with Crippen LogP contribution in [0.25, 0.3) is 0 Å². The molecule has 1 unspecified atom stereocenters. The average Bonchev–Trinajstić information content (AvgIpc) is 2.45. The molecule has 0 aliphatic rings. The molecule has 0 spiro atoms. The van der Waals surface area contributed by atoms with Crippen molar-refractivity contribution in [2.45, 2.75) is 12.5 Å². The molecule has 2 N–H and O–H groups in total. The molecule has 0 saturated carbocycles. The van der Waals surface area contributed by atoms with Crippen LogP contribution in [0.2, 0.25) is 0 Å². The number of rotatable bonds is 4. The third kappa shape index (κ3) is 2.85. The van der Waals surface area contributed by atoms with E-state index in [0.717, 1.165) is 5.56 Å². The van der Waals surface area contributed by atoms with Crippen molar-refractivity contribution in [1.82, 2.24) is 9.13 Å². The summed E-state index contributed by atoms with van der Waals surface area (Å²) in [5.74, 6) is -0.281. The van der Waals surface area contributed by atoms with Gasteiger partial charge in [0.05, 0.1) is 10.9 Å². The van der Waals surface area contributed by atoms with Gasteiger partial charge in [0.15, 0.2) is 0 Å². The Balaban J connectivity index is 2.40. The SMILES string of the molecule is Cn1ccn(CC(C(N)=S)c2ccccc2)c(=O)c1=O. The summed E-state index contributed by atoms with van der Waals surface area (Å²) in [4.78, 5) is 23.9. The Morgan fingerprint density at radius 2 is 1.85 bits per heavy atom. The van der Waals surface area contributed by atoms with E-state index >= 15 is 0 Å². The fourth-order valence-corrected chi connectivity index (χ4v) is 2.19. The van der Waals surface area contributed by atoms with Crippen LogP contribution in [-0.4, -0.2) is 14.1 Å². The lowest BCUT2D eigenvalue weighted by molar-refractivity contribution is 0.611. The van der Waals surface area contributed by atoms with Gasteiger partial charge in [0, 0.05) is 26.0 Å². The molecule has 5 nitrogen and oxygen atoms in total. The number of thiocarbonyl (C=S) groups is 1. The molecule has 104 valence electrons. The van der Waals surface area contributed by atoms with Crippen molar-refractivity contribution in [3.05, 3.63) is 69.0 Å². The Morgan fingerprint density at radius 1 is 1.20 bits per heavy atom. The highest BCUT2D eigenvalue weighted by Gasteiger charge is 2.16. The standard InChI is InChI=1S/C14H15N3O2S/c1-16-7-8-17(14(19)13(16)18)9-11(12(15)20)10-5-3-2-4-6-10/h2-8,11H,9H2,1H3,(H2,15,20). The van der Waals surface area contributed by atoms with Crippen LogP contribution in [0.3, 0.4) is 0 Å². The minimum absolute atomic E-state index is 0.258. The first-order chi connectivity index (χ1) is 9.50. The van der Waals surface area contributed by atoms with Gasteiger partial charge in [0.2, 0.25) is 0 Å². The van der Waals surface area contributed by atoms with Gasteiger partial charge < -0.3 is 14.9 Å². The molecule has 2 rings (SSSR count). The van der Waals surface area contributed by atoms with Crippen molar-refractivity contribution in [2.75, 3.05) is 0 Å². The van der Waals surface area contributed by atoms with Crippen LogP contribution in [0.15, 0.2) is 52.3 Å². The van der Waals surface area contributed by atoms with E-state index < -0.39 is 11.1 Å². The van der Waals surface area contributed by atoms with Crippen molar-refractivity contribution >= 4 is 17.2 Å². The van der Waals surface area contributed by atoms with Crippen molar-refractivity contribution < 1.29 is 0 Å². The smallest absolute Gasteiger partial charge is 0.316 e. The number of aromatic nitrogens is 2. The Morgan fingerprint density at radius 3 is 2.45 bits per heavy atom. The molecule has 0 aliphatic carbocycles. The summed E-state index contributed by atoms with van der Waals surface area (Å²) in [6.07, 6.45) is 3.11. The highest BCUT2D eigenvalue weighted by molar-refractivity contribution is 7.80. The van der Waals surface area contributed by atoms with Gasteiger partial charge in [-0.15, -0.1) is 0 Å². The van der Waals surface area contributed by atoms with E-state index in [2.05, 4.69) is 0 Å². The van der Waals surface area contributed by atoms with Gasteiger partial charge in [0.25, 0.3) is 0 Å². The summed E-state index contributed by atoms with van der Waals surface area (Å²) in [6.45, 7) is 0.258. The molecule has 0 aliphatic heterocycles. The van der Waals surface area contributed by atoms with E-state index in [1.54, 1.807) is 12.4 Å². The topological polar surface area (TPSA) is 70.0 Å². The summed E-state index contributed by atoms with van der Waals surface area (Å²) in [5.41, 5.74) is 5.55. The monoisotopic (exact) mass is 289 g/mol. The first-order valence-electron chi connectivity index (χ1n) is 6.11. The summed E-state index contributed by atoms with van der Waals surface area (Å²) in [7, 11) is 1.54.